The van der Waals surface area contributed by atoms with Gasteiger partial charge in [0, 0.05) is 18.9 Å². The molecular formula is C19H19FN4O3S2. The second kappa shape index (κ2) is 9.21. The maximum Gasteiger partial charge on any atom is 0.238 e. The molecule has 0 bridgehead atoms. The van der Waals surface area contributed by atoms with Crippen molar-refractivity contribution in [3.8, 4) is 5.69 Å². The first-order valence-corrected chi connectivity index (χ1v) is 11.2. The Balaban J connectivity index is 1.48. The van der Waals surface area contributed by atoms with Gasteiger partial charge in [0.2, 0.25) is 15.9 Å². The van der Waals surface area contributed by atoms with Crippen molar-refractivity contribution in [2.75, 3.05) is 12.3 Å². The minimum absolute atomic E-state index is 0.0514. The lowest BCUT2D eigenvalue weighted by atomic mass is 10.1. The van der Waals surface area contributed by atoms with Gasteiger partial charge in [-0.2, -0.15) is 0 Å². The molecule has 1 heterocycles. The second-order valence-corrected chi connectivity index (χ2v) is 8.64. The van der Waals surface area contributed by atoms with E-state index in [0.717, 1.165) is 5.56 Å². The van der Waals surface area contributed by atoms with E-state index in [1.165, 1.54) is 36.0 Å². The molecule has 0 atom stereocenters. The lowest BCUT2D eigenvalue weighted by molar-refractivity contribution is -0.118. The molecular weight excluding hydrogens is 415 g/mol. The number of benzene rings is 2. The number of sulfonamides is 1. The van der Waals surface area contributed by atoms with E-state index < -0.39 is 10.0 Å². The van der Waals surface area contributed by atoms with E-state index in [0.29, 0.717) is 23.8 Å². The number of thioether (sulfide) groups is 1. The van der Waals surface area contributed by atoms with Crippen LogP contribution in [0.4, 0.5) is 4.39 Å². The molecule has 1 aromatic heterocycles. The highest BCUT2D eigenvalue weighted by Crippen LogP contribution is 2.20. The Morgan fingerprint density at radius 3 is 2.66 bits per heavy atom. The third-order valence-corrected chi connectivity index (χ3v) is 5.91. The highest BCUT2D eigenvalue weighted by Gasteiger charge is 2.10. The molecule has 0 saturated heterocycles. The number of imidazole rings is 1. The van der Waals surface area contributed by atoms with Crippen LogP contribution in [0.5, 0.6) is 0 Å². The summed E-state index contributed by atoms with van der Waals surface area (Å²) in [4.78, 5) is 16.4. The Bertz CT molecular complexity index is 1100. The average Bonchev–Trinajstić information content (AvgIpc) is 3.15. The fraction of sp³-hybridized carbons (Fsp3) is 0.158. The van der Waals surface area contributed by atoms with Gasteiger partial charge in [-0.15, -0.1) is 0 Å². The first kappa shape index (κ1) is 21.0. The molecule has 0 aliphatic carbocycles. The molecule has 0 aliphatic heterocycles. The summed E-state index contributed by atoms with van der Waals surface area (Å²) in [5, 5.41) is 8.46. The highest BCUT2D eigenvalue weighted by molar-refractivity contribution is 7.99. The second-order valence-electron chi connectivity index (χ2n) is 6.14. The van der Waals surface area contributed by atoms with Gasteiger partial charge in [-0.25, -0.2) is 22.9 Å². The molecule has 0 fully saturated rings. The first-order chi connectivity index (χ1) is 13.8. The third kappa shape index (κ3) is 5.89. The Labute approximate surface area is 172 Å². The van der Waals surface area contributed by atoms with Crippen LogP contribution in [-0.4, -0.2) is 36.2 Å². The van der Waals surface area contributed by atoms with Gasteiger partial charge in [0.15, 0.2) is 5.16 Å². The number of rotatable bonds is 8. The van der Waals surface area contributed by atoms with Crippen LogP contribution >= 0.6 is 11.8 Å². The Kier molecular flexibility index (Phi) is 6.68. The summed E-state index contributed by atoms with van der Waals surface area (Å²) >= 11 is 1.25. The number of hydrogen-bond acceptors (Lipinski definition) is 5. The van der Waals surface area contributed by atoms with Crippen LogP contribution in [-0.2, 0) is 21.2 Å². The molecule has 3 rings (SSSR count). The number of carbonyl (C=O) groups excluding carboxylic acids is 1. The van der Waals surface area contributed by atoms with Crippen LogP contribution in [0.3, 0.4) is 0 Å². The van der Waals surface area contributed by atoms with Crippen LogP contribution in [0.15, 0.2) is 71.0 Å². The number of primary sulfonamides is 1. The van der Waals surface area contributed by atoms with Crippen molar-refractivity contribution in [2.45, 2.75) is 16.5 Å². The van der Waals surface area contributed by atoms with E-state index in [2.05, 4.69) is 10.3 Å². The van der Waals surface area contributed by atoms with E-state index in [-0.39, 0.29) is 22.4 Å². The number of carbonyl (C=O) groups is 1. The normalized spacial score (nSPS) is 11.4. The topological polar surface area (TPSA) is 107 Å². The molecule has 7 nitrogen and oxygen atoms in total. The molecule has 0 radical (unpaired) electrons. The summed E-state index contributed by atoms with van der Waals surface area (Å²) in [6, 6.07) is 12.3. The predicted octanol–water partition coefficient (Wildman–Crippen LogP) is 2.11. The Morgan fingerprint density at radius 1 is 1.21 bits per heavy atom. The minimum atomic E-state index is -3.71. The number of nitrogens with zero attached hydrogens (tertiary/aromatic N) is 2. The van der Waals surface area contributed by atoms with Gasteiger partial charge in [-0.3, -0.25) is 9.36 Å². The fourth-order valence-electron chi connectivity index (χ4n) is 2.59. The molecule has 0 saturated carbocycles. The quantitative estimate of drug-likeness (QED) is 0.528. The van der Waals surface area contributed by atoms with Crippen LogP contribution < -0.4 is 10.5 Å². The molecule has 0 aliphatic rings. The third-order valence-electron chi connectivity index (χ3n) is 4.01. The van der Waals surface area contributed by atoms with Crippen molar-refractivity contribution < 1.29 is 17.6 Å². The molecule has 0 spiro atoms. The van der Waals surface area contributed by atoms with Gasteiger partial charge in [-0.05, 0) is 42.3 Å². The molecule has 1 amide bonds. The zero-order chi connectivity index (χ0) is 20.9. The fourth-order valence-corrected chi connectivity index (χ4v) is 3.91. The van der Waals surface area contributed by atoms with Crippen molar-refractivity contribution in [3.63, 3.8) is 0 Å². The number of hydrogen-bond donors (Lipinski definition) is 2. The summed E-state index contributed by atoms with van der Waals surface area (Å²) in [6.45, 7) is 0.409. The Hall–Kier alpha value is -2.69. The van der Waals surface area contributed by atoms with Crippen LogP contribution in [0.1, 0.15) is 5.56 Å². The van der Waals surface area contributed by atoms with E-state index >= 15 is 0 Å². The predicted molar refractivity (Wildman–Crippen MR) is 109 cm³/mol. The van der Waals surface area contributed by atoms with Gasteiger partial charge < -0.3 is 5.32 Å². The van der Waals surface area contributed by atoms with E-state index in [1.807, 2.05) is 0 Å². The lowest BCUT2D eigenvalue weighted by Gasteiger charge is -2.08. The SMILES string of the molecule is NS(=O)(=O)c1ccc(CCNC(=O)CSc2nccn2-c2cccc(F)c2)cc1. The standard InChI is InChI=1S/C19H19FN4O3S2/c20-15-2-1-3-16(12-15)24-11-10-23-19(24)28-13-18(25)22-9-8-14-4-6-17(7-5-14)29(21,26)27/h1-7,10-12H,8-9,13H2,(H,22,25)(H2,21,26,27). The molecule has 10 heteroatoms. The van der Waals surface area contributed by atoms with Gasteiger partial charge in [-0.1, -0.05) is 30.0 Å². The summed E-state index contributed by atoms with van der Waals surface area (Å²) in [5.41, 5.74) is 1.51. The van der Waals surface area contributed by atoms with E-state index in [9.17, 15) is 17.6 Å². The molecule has 3 aromatic rings. The molecule has 3 N–H and O–H groups in total. The number of halogens is 1. The van der Waals surface area contributed by atoms with Gasteiger partial charge in [0.05, 0.1) is 16.3 Å². The highest BCUT2D eigenvalue weighted by atomic mass is 32.2. The largest absolute Gasteiger partial charge is 0.355 e. The van der Waals surface area contributed by atoms with Crippen molar-refractivity contribution in [1.82, 2.24) is 14.9 Å². The van der Waals surface area contributed by atoms with Crippen LogP contribution in [0.2, 0.25) is 0 Å². The molecule has 152 valence electrons. The Morgan fingerprint density at radius 2 is 1.97 bits per heavy atom. The summed E-state index contributed by atoms with van der Waals surface area (Å²) in [6.07, 6.45) is 3.86. The summed E-state index contributed by atoms with van der Waals surface area (Å²) in [7, 11) is -3.71. The van der Waals surface area contributed by atoms with E-state index in [4.69, 9.17) is 5.14 Å². The molecule has 29 heavy (non-hydrogen) atoms. The minimum Gasteiger partial charge on any atom is -0.355 e. The van der Waals surface area contributed by atoms with Gasteiger partial charge in [0.1, 0.15) is 5.82 Å². The van der Waals surface area contributed by atoms with E-state index in [1.54, 1.807) is 41.2 Å². The maximum absolute atomic E-state index is 13.4. The van der Waals surface area contributed by atoms with Crippen molar-refractivity contribution >= 4 is 27.7 Å². The molecule has 0 unspecified atom stereocenters. The number of nitrogens with two attached hydrogens (primary N) is 1. The summed E-state index contributed by atoms with van der Waals surface area (Å²) < 4.78 is 37.6. The van der Waals surface area contributed by atoms with Crippen molar-refractivity contribution in [1.29, 1.82) is 0 Å². The smallest absolute Gasteiger partial charge is 0.238 e. The monoisotopic (exact) mass is 434 g/mol. The first-order valence-electron chi connectivity index (χ1n) is 8.63. The number of nitrogens with one attached hydrogen (secondary N) is 1. The number of amides is 1. The van der Waals surface area contributed by atoms with Crippen molar-refractivity contribution in [2.24, 2.45) is 5.14 Å². The lowest BCUT2D eigenvalue weighted by Crippen LogP contribution is -2.27. The van der Waals surface area contributed by atoms with Gasteiger partial charge >= 0.3 is 0 Å². The average molecular weight is 435 g/mol. The van der Waals surface area contributed by atoms with Crippen molar-refractivity contribution in [3.05, 3.63) is 72.3 Å². The maximum atomic E-state index is 13.4. The number of aromatic nitrogens is 2. The summed E-state index contributed by atoms with van der Waals surface area (Å²) in [5.74, 6) is -0.344. The zero-order valence-corrected chi connectivity index (χ0v) is 16.9. The van der Waals surface area contributed by atoms with Crippen LogP contribution in [0.25, 0.3) is 5.69 Å². The van der Waals surface area contributed by atoms with Crippen LogP contribution in [0, 0.1) is 5.82 Å². The zero-order valence-electron chi connectivity index (χ0n) is 15.3. The van der Waals surface area contributed by atoms with Gasteiger partial charge in [0.25, 0.3) is 0 Å². The molecule has 2 aromatic carbocycles.